The summed E-state index contributed by atoms with van der Waals surface area (Å²) in [4.78, 5) is 28.3. The quantitative estimate of drug-likeness (QED) is 0.782. The molecule has 2 aromatic rings. The van der Waals surface area contributed by atoms with Crippen molar-refractivity contribution in [1.29, 1.82) is 0 Å². The van der Waals surface area contributed by atoms with Crippen LogP contribution in [0.2, 0.25) is 5.15 Å². The van der Waals surface area contributed by atoms with E-state index in [0.29, 0.717) is 24.8 Å². The molecule has 2 amide bonds. The zero-order valence-corrected chi connectivity index (χ0v) is 17.5. The number of nitrogens with zero attached hydrogens (tertiary/aromatic N) is 4. The van der Waals surface area contributed by atoms with Crippen molar-refractivity contribution in [3.05, 3.63) is 47.1 Å². The average molecular weight is 416 g/mol. The molecule has 1 aliphatic rings. The first-order chi connectivity index (χ1) is 14.0. The van der Waals surface area contributed by atoms with Gasteiger partial charge in [0, 0.05) is 38.8 Å². The molecule has 3 rings (SSSR count). The summed E-state index contributed by atoms with van der Waals surface area (Å²) in [7, 11) is 0. The molecule has 1 unspecified atom stereocenters. The zero-order valence-electron chi connectivity index (χ0n) is 16.8. The fraction of sp³-hybridized carbons (Fsp3) is 0.429. The first kappa shape index (κ1) is 21.0. The highest BCUT2D eigenvalue weighted by molar-refractivity contribution is 6.29. The van der Waals surface area contributed by atoms with E-state index in [1.165, 1.54) is 0 Å². The summed E-state index contributed by atoms with van der Waals surface area (Å²) in [5.74, 6) is 0.634. The van der Waals surface area contributed by atoms with E-state index < -0.39 is 0 Å². The molecule has 0 aliphatic carbocycles. The van der Waals surface area contributed by atoms with E-state index in [0.717, 1.165) is 36.5 Å². The van der Waals surface area contributed by atoms with Gasteiger partial charge >= 0.3 is 0 Å². The Kier molecular flexibility index (Phi) is 7.04. The molecule has 154 valence electrons. The van der Waals surface area contributed by atoms with Crippen molar-refractivity contribution in [1.82, 2.24) is 15.1 Å². The molecule has 7 nitrogen and oxygen atoms in total. The molecular weight excluding hydrogens is 390 g/mol. The Hall–Kier alpha value is -2.67. The second-order valence-electron chi connectivity index (χ2n) is 7.22. The maximum Gasteiger partial charge on any atom is 0.229 e. The molecule has 1 aromatic carbocycles. The summed E-state index contributed by atoms with van der Waals surface area (Å²) in [5, 5.41) is 11.4. The Morgan fingerprint density at radius 3 is 2.79 bits per heavy atom. The van der Waals surface area contributed by atoms with Crippen molar-refractivity contribution in [3.63, 3.8) is 0 Å². The molecule has 0 radical (unpaired) electrons. The maximum atomic E-state index is 12.8. The van der Waals surface area contributed by atoms with Crippen LogP contribution >= 0.6 is 11.6 Å². The molecule has 2 heterocycles. The van der Waals surface area contributed by atoms with Gasteiger partial charge in [0.1, 0.15) is 0 Å². The van der Waals surface area contributed by atoms with Crippen molar-refractivity contribution >= 4 is 34.9 Å². The maximum absolute atomic E-state index is 12.8. The van der Waals surface area contributed by atoms with Crippen LogP contribution < -0.4 is 10.2 Å². The molecule has 1 aliphatic heterocycles. The minimum atomic E-state index is -0.130. The summed E-state index contributed by atoms with van der Waals surface area (Å²) < 4.78 is 0. The average Bonchev–Trinajstić information content (AvgIpc) is 2.72. The lowest BCUT2D eigenvalue weighted by atomic mass is 9.97. The van der Waals surface area contributed by atoms with Crippen LogP contribution in [0.25, 0.3) is 0 Å². The summed E-state index contributed by atoms with van der Waals surface area (Å²) in [5.41, 5.74) is 1.73. The SMILES string of the molecule is CCN(Cc1cccc(NC(=O)C2CCCN(c3ccc(Cl)nn3)C2)c1)C(C)=O. The number of rotatable bonds is 6. The van der Waals surface area contributed by atoms with Gasteiger partial charge in [-0.15, -0.1) is 10.2 Å². The largest absolute Gasteiger partial charge is 0.354 e. The lowest BCUT2D eigenvalue weighted by molar-refractivity contribution is -0.129. The van der Waals surface area contributed by atoms with E-state index in [-0.39, 0.29) is 17.7 Å². The van der Waals surface area contributed by atoms with Crippen molar-refractivity contribution in [3.8, 4) is 0 Å². The number of piperidine rings is 1. The van der Waals surface area contributed by atoms with Gasteiger partial charge in [-0.25, -0.2) is 0 Å². The van der Waals surface area contributed by atoms with E-state index in [1.54, 1.807) is 17.9 Å². The van der Waals surface area contributed by atoms with Gasteiger partial charge in [0.2, 0.25) is 11.8 Å². The highest BCUT2D eigenvalue weighted by Crippen LogP contribution is 2.23. The Labute approximate surface area is 176 Å². The summed E-state index contributed by atoms with van der Waals surface area (Å²) >= 11 is 5.81. The molecule has 29 heavy (non-hydrogen) atoms. The predicted molar refractivity (Wildman–Crippen MR) is 114 cm³/mol. The van der Waals surface area contributed by atoms with Gasteiger partial charge in [0.25, 0.3) is 0 Å². The predicted octanol–water partition coefficient (Wildman–Crippen LogP) is 3.35. The number of aromatic nitrogens is 2. The lowest BCUT2D eigenvalue weighted by Crippen LogP contribution is -2.41. The Morgan fingerprint density at radius 2 is 2.10 bits per heavy atom. The third kappa shape index (κ3) is 5.67. The second-order valence-corrected chi connectivity index (χ2v) is 7.61. The number of hydrogen-bond donors (Lipinski definition) is 1. The molecule has 0 spiro atoms. The molecule has 0 saturated carbocycles. The summed E-state index contributed by atoms with van der Waals surface area (Å²) in [6.07, 6.45) is 1.74. The standard InChI is InChI=1S/C21H26ClN5O2/c1-3-26(15(2)28)13-16-6-4-8-18(12-16)23-21(29)17-7-5-11-27(14-17)20-10-9-19(22)24-25-20/h4,6,8-10,12,17H,3,5,7,11,13-14H2,1-2H3,(H,23,29). The third-order valence-corrected chi connectivity index (χ3v) is 5.33. The Bertz CT molecular complexity index is 858. The van der Waals surface area contributed by atoms with Crippen LogP contribution in [0.5, 0.6) is 0 Å². The van der Waals surface area contributed by atoms with E-state index in [4.69, 9.17) is 11.6 Å². The van der Waals surface area contributed by atoms with Gasteiger partial charge in [-0.2, -0.15) is 0 Å². The minimum Gasteiger partial charge on any atom is -0.354 e. The van der Waals surface area contributed by atoms with Gasteiger partial charge in [-0.3, -0.25) is 9.59 Å². The number of nitrogens with one attached hydrogen (secondary N) is 1. The molecule has 1 saturated heterocycles. The number of carbonyl (C=O) groups is 2. The van der Waals surface area contributed by atoms with Crippen LogP contribution in [0.3, 0.4) is 0 Å². The lowest BCUT2D eigenvalue weighted by Gasteiger charge is -2.32. The Balaban J connectivity index is 1.63. The minimum absolute atomic E-state index is 0.00677. The van der Waals surface area contributed by atoms with Crippen molar-refractivity contribution in [2.75, 3.05) is 29.9 Å². The summed E-state index contributed by atoms with van der Waals surface area (Å²) in [6, 6.07) is 11.2. The fourth-order valence-electron chi connectivity index (χ4n) is 3.53. The van der Waals surface area contributed by atoms with E-state index in [9.17, 15) is 9.59 Å². The van der Waals surface area contributed by atoms with Crippen LogP contribution in [0.4, 0.5) is 11.5 Å². The zero-order chi connectivity index (χ0) is 20.8. The first-order valence-corrected chi connectivity index (χ1v) is 10.2. The van der Waals surface area contributed by atoms with Gasteiger partial charge in [0.15, 0.2) is 11.0 Å². The van der Waals surface area contributed by atoms with Gasteiger partial charge in [-0.1, -0.05) is 23.7 Å². The monoisotopic (exact) mass is 415 g/mol. The van der Waals surface area contributed by atoms with Crippen LogP contribution in [0, 0.1) is 5.92 Å². The van der Waals surface area contributed by atoms with Gasteiger partial charge in [0.05, 0.1) is 5.92 Å². The molecule has 1 N–H and O–H groups in total. The number of carbonyl (C=O) groups excluding carboxylic acids is 2. The number of halogens is 1. The highest BCUT2D eigenvalue weighted by atomic mass is 35.5. The van der Waals surface area contributed by atoms with E-state index in [2.05, 4.69) is 20.4 Å². The number of benzene rings is 1. The number of amides is 2. The van der Waals surface area contributed by atoms with Gasteiger partial charge in [-0.05, 0) is 49.6 Å². The summed E-state index contributed by atoms with van der Waals surface area (Å²) in [6.45, 7) is 6.13. The molecule has 1 aromatic heterocycles. The number of anilines is 2. The van der Waals surface area contributed by atoms with Crippen molar-refractivity contribution < 1.29 is 9.59 Å². The van der Waals surface area contributed by atoms with Crippen LogP contribution in [-0.4, -0.2) is 46.5 Å². The molecule has 8 heteroatoms. The Morgan fingerprint density at radius 1 is 1.28 bits per heavy atom. The third-order valence-electron chi connectivity index (χ3n) is 5.13. The molecule has 1 fully saturated rings. The van der Waals surface area contributed by atoms with Crippen molar-refractivity contribution in [2.24, 2.45) is 5.92 Å². The number of hydrogen-bond acceptors (Lipinski definition) is 5. The topological polar surface area (TPSA) is 78.4 Å². The first-order valence-electron chi connectivity index (χ1n) is 9.85. The molecule has 0 bridgehead atoms. The van der Waals surface area contributed by atoms with Crippen molar-refractivity contribution in [2.45, 2.75) is 33.2 Å². The normalized spacial score (nSPS) is 16.4. The fourth-order valence-corrected chi connectivity index (χ4v) is 3.64. The second kappa shape index (κ2) is 9.69. The van der Waals surface area contributed by atoms with Crippen LogP contribution in [-0.2, 0) is 16.1 Å². The van der Waals surface area contributed by atoms with E-state index in [1.807, 2.05) is 37.3 Å². The van der Waals surface area contributed by atoms with Crippen LogP contribution in [0.15, 0.2) is 36.4 Å². The molecular formula is C21H26ClN5O2. The van der Waals surface area contributed by atoms with E-state index >= 15 is 0 Å². The smallest absolute Gasteiger partial charge is 0.229 e. The van der Waals surface area contributed by atoms with Crippen LogP contribution in [0.1, 0.15) is 32.3 Å². The molecule has 1 atom stereocenters. The van der Waals surface area contributed by atoms with Gasteiger partial charge < -0.3 is 15.1 Å². The highest BCUT2D eigenvalue weighted by Gasteiger charge is 2.27.